The molecule has 3 aliphatic heterocycles. The number of alkyl halides is 3. The quantitative estimate of drug-likeness (QED) is 0.607. The third-order valence-corrected chi connectivity index (χ3v) is 6.51. The van der Waals surface area contributed by atoms with Gasteiger partial charge in [0.1, 0.15) is 5.69 Å². The van der Waals surface area contributed by atoms with E-state index in [1.165, 1.54) is 0 Å². The van der Waals surface area contributed by atoms with Gasteiger partial charge in [0.15, 0.2) is 11.2 Å². The Balaban J connectivity index is 1.65. The van der Waals surface area contributed by atoms with Gasteiger partial charge in [0, 0.05) is 24.0 Å². The largest absolute Gasteiger partial charge is 0.433 e. The number of nitrogens with zero attached hydrogens (tertiary/aromatic N) is 3. The van der Waals surface area contributed by atoms with Gasteiger partial charge in [-0.2, -0.15) is 13.2 Å². The SMILES string of the molecule is C[C@@H]1CN2c3ccc(-c4nccc(C(F)(F)F)n4)cc3CC3(C(=O)NC(=O)NC3=O)[C@H]2[C@H](C)O1. The van der Waals surface area contributed by atoms with Crippen molar-refractivity contribution in [1.29, 1.82) is 0 Å². The standard InChI is InChI=1S/C22H20F3N5O4/c1-10-9-30-14-4-3-12(17-26-6-5-15(27-17)22(23,24)25)7-13(14)8-21(16(30)11(2)34-10)18(31)28-20(33)29-19(21)32/h3-7,10-11,16H,8-9H2,1-2H3,(H2,28,29,31,32,33)/t10-,11+,16-/m1/s1. The maximum absolute atomic E-state index is 13.2. The molecule has 2 saturated heterocycles. The normalized spacial score (nSPS) is 26.0. The Morgan fingerprint density at radius 1 is 1.12 bits per heavy atom. The van der Waals surface area contributed by atoms with E-state index in [0.29, 0.717) is 17.7 Å². The van der Waals surface area contributed by atoms with E-state index in [4.69, 9.17) is 4.74 Å². The molecule has 0 unspecified atom stereocenters. The van der Waals surface area contributed by atoms with Crippen molar-refractivity contribution in [1.82, 2.24) is 20.6 Å². The topological polar surface area (TPSA) is 114 Å². The molecule has 178 valence electrons. The van der Waals surface area contributed by atoms with Gasteiger partial charge in [-0.05, 0) is 50.1 Å². The number of fused-ring (bicyclic) bond motifs is 4. The Hall–Kier alpha value is -3.54. The highest BCUT2D eigenvalue weighted by molar-refractivity contribution is 6.20. The predicted octanol–water partition coefficient (Wildman–Crippen LogP) is 2.05. The molecule has 4 heterocycles. The van der Waals surface area contributed by atoms with Crippen LogP contribution in [0.15, 0.2) is 30.5 Å². The van der Waals surface area contributed by atoms with Gasteiger partial charge in [-0.3, -0.25) is 20.2 Å². The van der Waals surface area contributed by atoms with Crippen molar-refractivity contribution in [3.63, 3.8) is 0 Å². The van der Waals surface area contributed by atoms with Crippen LogP contribution in [0.4, 0.5) is 23.7 Å². The molecule has 3 atom stereocenters. The highest BCUT2D eigenvalue weighted by atomic mass is 19.4. The number of imide groups is 2. The molecule has 2 fully saturated rings. The van der Waals surface area contributed by atoms with E-state index in [1.807, 2.05) is 11.8 Å². The number of amides is 4. The Bertz CT molecular complexity index is 1200. The lowest BCUT2D eigenvalue weighted by molar-refractivity contribution is -0.153. The fraction of sp³-hybridized carbons (Fsp3) is 0.409. The lowest BCUT2D eigenvalue weighted by atomic mass is 9.66. The molecular formula is C22H20F3N5O4. The number of nitrogens with one attached hydrogen (secondary N) is 2. The third kappa shape index (κ3) is 3.31. The van der Waals surface area contributed by atoms with Crippen LogP contribution in [0.2, 0.25) is 0 Å². The van der Waals surface area contributed by atoms with Crippen molar-refractivity contribution >= 4 is 23.5 Å². The smallest absolute Gasteiger partial charge is 0.372 e. The molecule has 0 aliphatic carbocycles. The lowest BCUT2D eigenvalue weighted by Gasteiger charge is -2.55. The molecule has 1 aromatic carbocycles. The molecular weight excluding hydrogens is 455 g/mol. The Morgan fingerprint density at radius 2 is 1.82 bits per heavy atom. The van der Waals surface area contributed by atoms with Crippen LogP contribution in [-0.2, 0) is 26.9 Å². The number of benzene rings is 1. The molecule has 34 heavy (non-hydrogen) atoms. The summed E-state index contributed by atoms with van der Waals surface area (Å²) in [6, 6.07) is 4.11. The van der Waals surface area contributed by atoms with Crippen molar-refractivity contribution in [2.75, 3.05) is 11.4 Å². The van der Waals surface area contributed by atoms with Crippen LogP contribution in [0.25, 0.3) is 11.4 Å². The predicted molar refractivity (Wildman–Crippen MR) is 111 cm³/mol. The third-order valence-electron chi connectivity index (χ3n) is 6.51. The summed E-state index contributed by atoms with van der Waals surface area (Å²) in [7, 11) is 0. The summed E-state index contributed by atoms with van der Waals surface area (Å²) in [4.78, 5) is 47.6. The summed E-state index contributed by atoms with van der Waals surface area (Å²) in [5.74, 6) is -1.62. The molecule has 1 aromatic heterocycles. The summed E-state index contributed by atoms with van der Waals surface area (Å²) in [5.41, 5.74) is -1.16. The van der Waals surface area contributed by atoms with E-state index in [9.17, 15) is 27.6 Å². The molecule has 5 rings (SSSR count). The fourth-order valence-corrected chi connectivity index (χ4v) is 5.24. The van der Waals surface area contributed by atoms with Crippen LogP contribution < -0.4 is 15.5 Å². The second-order valence-corrected chi connectivity index (χ2v) is 8.74. The second kappa shape index (κ2) is 7.49. The zero-order valence-electron chi connectivity index (χ0n) is 18.1. The average molecular weight is 475 g/mol. The van der Waals surface area contributed by atoms with Gasteiger partial charge in [0.2, 0.25) is 11.8 Å². The summed E-state index contributed by atoms with van der Waals surface area (Å²) < 4.78 is 45.4. The average Bonchev–Trinajstić information content (AvgIpc) is 2.76. The monoisotopic (exact) mass is 475 g/mol. The highest BCUT2D eigenvalue weighted by Crippen LogP contribution is 2.47. The number of hydrogen-bond donors (Lipinski definition) is 2. The number of barbiturate groups is 1. The van der Waals surface area contributed by atoms with Crippen molar-refractivity contribution in [2.24, 2.45) is 5.41 Å². The lowest BCUT2D eigenvalue weighted by Crippen LogP contribution is -2.75. The van der Waals surface area contributed by atoms with E-state index in [1.54, 1.807) is 25.1 Å². The molecule has 0 bridgehead atoms. The van der Waals surface area contributed by atoms with Gasteiger partial charge < -0.3 is 9.64 Å². The van der Waals surface area contributed by atoms with Gasteiger partial charge in [0.05, 0.1) is 18.2 Å². The van der Waals surface area contributed by atoms with Crippen LogP contribution >= 0.6 is 0 Å². The van der Waals surface area contributed by atoms with Crippen LogP contribution in [0.3, 0.4) is 0 Å². The first-order valence-corrected chi connectivity index (χ1v) is 10.6. The van der Waals surface area contributed by atoms with Crippen molar-refractivity contribution in [3.05, 3.63) is 41.7 Å². The number of halogens is 3. The van der Waals surface area contributed by atoms with Gasteiger partial charge in [-0.1, -0.05) is 0 Å². The number of hydrogen-bond acceptors (Lipinski definition) is 7. The molecule has 4 amide bonds. The minimum Gasteiger partial charge on any atom is -0.372 e. The molecule has 1 spiro atoms. The van der Waals surface area contributed by atoms with Gasteiger partial charge in [-0.15, -0.1) is 0 Å². The summed E-state index contributed by atoms with van der Waals surface area (Å²) >= 11 is 0. The first kappa shape index (κ1) is 22.3. The number of morpholine rings is 1. The van der Waals surface area contributed by atoms with Crippen molar-refractivity contribution in [3.8, 4) is 11.4 Å². The molecule has 3 aliphatic rings. The number of carbonyl (C=O) groups excluding carboxylic acids is 3. The van der Waals surface area contributed by atoms with E-state index in [2.05, 4.69) is 20.6 Å². The first-order valence-electron chi connectivity index (χ1n) is 10.6. The Kier molecular flexibility index (Phi) is 4.90. The second-order valence-electron chi connectivity index (χ2n) is 8.74. The van der Waals surface area contributed by atoms with Crippen LogP contribution in [0.5, 0.6) is 0 Å². The summed E-state index contributed by atoms with van der Waals surface area (Å²) in [6.45, 7) is 4.00. The van der Waals surface area contributed by atoms with E-state index in [-0.39, 0.29) is 18.3 Å². The zero-order valence-corrected chi connectivity index (χ0v) is 18.1. The molecule has 12 heteroatoms. The van der Waals surface area contributed by atoms with Crippen LogP contribution in [0, 0.1) is 5.41 Å². The molecule has 9 nitrogen and oxygen atoms in total. The van der Waals surface area contributed by atoms with Crippen LogP contribution in [-0.4, -0.2) is 52.6 Å². The Labute approximate surface area is 191 Å². The van der Waals surface area contributed by atoms with Crippen LogP contribution in [0.1, 0.15) is 25.1 Å². The molecule has 2 aromatic rings. The van der Waals surface area contributed by atoms with Crippen molar-refractivity contribution < 1.29 is 32.3 Å². The number of aromatic nitrogens is 2. The maximum Gasteiger partial charge on any atom is 0.433 e. The number of carbonyl (C=O) groups is 3. The fourth-order valence-electron chi connectivity index (χ4n) is 5.24. The van der Waals surface area contributed by atoms with E-state index in [0.717, 1.165) is 18.0 Å². The van der Waals surface area contributed by atoms with E-state index < -0.39 is 47.3 Å². The molecule has 0 radical (unpaired) electrons. The molecule has 2 N–H and O–H groups in total. The maximum atomic E-state index is 13.2. The minimum absolute atomic E-state index is 0.0800. The summed E-state index contributed by atoms with van der Waals surface area (Å²) in [6.07, 6.45) is -4.41. The van der Waals surface area contributed by atoms with E-state index >= 15 is 0 Å². The van der Waals surface area contributed by atoms with Gasteiger partial charge >= 0.3 is 12.2 Å². The van der Waals surface area contributed by atoms with Crippen molar-refractivity contribution in [2.45, 2.75) is 44.7 Å². The minimum atomic E-state index is -4.63. The molecule has 0 saturated carbocycles. The first-order chi connectivity index (χ1) is 16.0. The number of rotatable bonds is 1. The number of anilines is 1. The number of ether oxygens (including phenoxy) is 1. The zero-order chi connectivity index (χ0) is 24.4. The van der Waals surface area contributed by atoms with Gasteiger partial charge in [-0.25, -0.2) is 14.8 Å². The van der Waals surface area contributed by atoms with Gasteiger partial charge in [0.25, 0.3) is 0 Å². The summed E-state index contributed by atoms with van der Waals surface area (Å²) in [5, 5.41) is 4.39. The number of urea groups is 1. The Morgan fingerprint density at radius 3 is 2.50 bits per heavy atom. The highest BCUT2D eigenvalue weighted by Gasteiger charge is 2.62.